The summed E-state index contributed by atoms with van der Waals surface area (Å²) in [6.07, 6.45) is 7.77. The summed E-state index contributed by atoms with van der Waals surface area (Å²) in [5.41, 5.74) is 1.03. The molecule has 1 aromatic carbocycles. The molecule has 19 heavy (non-hydrogen) atoms. The molecule has 0 atom stereocenters. The Kier molecular flexibility index (Phi) is 4.53. The Bertz CT molecular complexity index is 688. The van der Waals surface area contributed by atoms with Crippen molar-refractivity contribution in [2.75, 3.05) is 0 Å². The Labute approximate surface area is 116 Å². The predicted octanol–water partition coefficient (Wildman–Crippen LogP) is 2.95. The molecule has 0 unspecified atom stereocenters. The van der Waals surface area contributed by atoms with Crippen molar-refractivity contribution in [1.29, 1.82) is 0 Å². The van der Waals surface area contributed by atoms with E-state index in [1.165, 1.54) is 11.3 Å². The van der Waals surface area contributed by atoms with E-state index in [0.717, 1.165) is 23.1 Å². The maximum Gasteiger partial charge on any atom is 0.248 e. The maximum atomic E-state index is 11.8. The van der Waals surface area contributed by atoms with Crippen LogP contribution >= 0.6 is 11.3 Å². The summed E-state index contributed by atoms with van der Waals surface area (Å²) in [4.78, 5) is 16.7. The molecule has 98 valence electrons. The normalized spacial score (nSPS) is 11.7. The van der Waals surface area contributed by atoms with Crippen LogP contribution in [0.15, 0.2) is 29.3 Å². The maximum absolute atomic E-state index is 11.8. The van der Waals surface area contributed by atoms with Gasteiger partial charge in [-0.15, -0.1) is 6.42 Å². The summed E-state index contributed by atoms with van der Waals surface area (Å²) in [7, 11) is 0. The molecule has 0 fully saturated rings. The highest BCUT2D eigenvalue weighted by molar-refractivity contribution is 7.16. The minimum atomic E-state index is -0.0702. The van der Waals surface area contributed by atoms with Gasteiger partial charge in [-0.2, -0.15) is 4.99 Å². The summed E-state index contributed by atoms with van der Waals surface area (Å²) < 4.78 is 3.02. The zero-order chi connectivity index (χ0) is 13.7. The van der Waals surface area contributed by atoms with Gasteiger partial charge in [0.25, 0.3) is 0 Å². The lowest BCUT2D eigenvalue weighted by Gasteiger charge is -1.98. The van der Waals surface area contributed by atoms with Crippen molar-refractivity contribution >= 4 is 27.5 Å². The quantitative estimate of drug-likeness (QED) is 0.788. The van der Waals surface area contributed by atoms with Crippen molar-refractivity contribution in [3.8, 4) is 12.3 Å². The molecular weight excluding hydrogens is 256 g/mol. The third-order valence-corrected chi connectivity index (χ3v) is 3.86. The summed E-state index contributed by atoms with van der Waals surface area (Å²) >= 11 is 1.51. The van der Waals surface area contributed by atoms with Crippen molar-refractivity contribution in [3.63, 3.8) is 0 Å². The Hall–Kier alpha value is -1.86. The summed E-state index contributed by atoms with van der Waals surface area (Å²) in [5.74, 6) is 2.55. The van der Waals surface area contributed by atoms with Gasteiger partial charge >= 0.3 is 0 Å². The zero-order valence-corrected chi connectivity index (χ0v) is 11.7. The molecule has 1 aromatic heterocycles. The van der Waals surface area contributed by atoms with E-state index in [1.807, 2.05) is 28.8 Å². The third kappa shape index (κ3) is 3.12. The van der Waals surface area contributed by atoms with E-state index in [2.05, 4.69) is 17.8 Å². The van der Waals surface area contributed by atoms with Crippen molar-refractivity contribution in [2.24, 2.45) is 4.99 Å². The van der Waals surface area contributed by atoms with E-state index in [9.17, 15) is 4.79 Å². The van der Waals surface area contributed by atoms with Crippen LogP contribution in [0.1, 0.15) is 26.2 Å². The second-order valence-electron chi connectivity index (χ2n) is 4.25. The highest BCUT2D eigenvalue weighted by Gasteiger charge is 2.06. The molecule has 1 heterocycles. The second-order valence-corrected chi connectivity index (χ2v) is 5.26. The minimum absolute atomic E-state index is 0.0702. The van der Waals surface area contributed by atoms with Gasteiger partial charge in [0.2, 0.25) is 5.91 Å². The number of unbranched alkanes of at least 4 members (excludes halogenated alkanes) is 1. The Balaban J connectivity index is 2.47. The number of hydrogen-bond acceptors (Lipinski definition) is 2. The van der Waals surface area contributed by atoms with Crippen LogP contribution in [0.5, 0.6) is 0 Å². The van der Waals surface area contributed by atoms with Gasteiger partial charge in [-0.25, -0.2) is 0 Å². The standard InChI is InChI=1S/C15H16N2OS/c1-3-5-10-14(18)16-15-17(11-4-2)12-8-6-7-9-13(12)19-15/h2,6-9H,3,5,10-11H2,1H3. The fourth-order valence-corrected chi connectivity index (χ4v) is 2.89. The number of hydrogen-bond donors (Lipinski definition) is 0. The molecule has 0 radical (unpaired) electrons. The first kappa shape index (κ1) is 13.6. The Morgan fingerprint density at radius 1 is 1.47 bits per heavy atom. The molecule has 0 saturated heterocycles. The van der Waals surface area contributed by atoms with E-state index in [0.29, 0.717) is 17.8 Å². The van der Waals surface area contributed by atoms with E-state index in [4.69, 9.17) is 6.42 Å². The molecule has 2 rings (SSSR count). The van der Waals surface area contributed by atoms with Gasteiger partial charge < -0.3 is 4.57 Å². The van der Waals surface area contributed by atoms with Crippen LogP contribution in [-0.2, 0) is 11.3 Å². The number of rotatable bonds is 4. The molecule has 4 heteroatoms. The average Bonchev–Trinajstić information content (AvgIpc) is 2.75. The van der Waals surface area contributed by atoms with Gasteiger partial charge in [0.15, 0.2) is 4.80 Å². The fraction of sp³-hybridized carbons (Fsp3) is 0.333. The van der Waals surface area contributed by atoms with Crippen molar-refractivity contribution in [2.45, 2.75) is 32.7 Å². The molecule has 1 amide bonds. The van der Waals surface area contributed by atoms with E-state index < -0.39 is 0 Å². The number of carbonyl (C=O) groups excluding carboxylic acids is 1. The lowest BCUT2D eigenvalue weighted by molar-refractivity contribution is -0.118. The lowest BCUT2D eigenvalue weighted by atomic mass is 10.2. The van der Waals surface area contributed by atoms with Crippen LogP contribution < -0.4 is 4.80 Å². The Morgan fingerprint density at radius 3 is 3.00 bits per heavy atom. The van der Waals surface area contributed by atoms with Crippen LogP contribution in [0, 0.1) is 12.3 Å². The van der Waals surface area contributed by atoms with Crippen LogP contribution in [0.25, 0.3) is 10.2 Å². The smallest absolute Gasteiger partial charge is 0.248 e. The topological polar surface area (TPSA) is 34.4 Å². The molecule has 0 N–H and O–H groups in total. The number of carbonyl (C=O) groups is 1. The summed E-state index contributed by atoms with van der Waals surface area (Å²) in [5, 5.41) is 0. The number of aromatic nitrogens is 1. The first-order valence-electron chi connectivity index (χ1n) is 6.35. The van der Waals surface area contributed by atoms with Crippen LogP contribution in [0.4, 0.5) is 0 Å². The SMILES string of the molecule is C#CCn1c(=NC(=O)CCCC)sc2ccccc21. The first-order chi connectivity index (χ1) is 9.26. The molecule has 0 bridgehead atoms. The van der Waals surface area contributed by atoms with Gasteiger partial charge in [-0.3, -0.25) is 4.79 Å². The number of benzene rings is 1. The molecule has 0 aliphatic rings. The average molecular weight is 272 g/mol. The number of nitrogens with zero attached hydrogens (tertiary/aromatic N) is 2. The summed E-state index contributed by atoms with van der Waals surface area (Å²) in [6.45, 7) is 2.50. The van der Waals surface area contributed by atoms with Crippen molar-refractivity contribution < 1.29 is 4.79 Å². The van der Waals surface area contributed by atoms with Crippen LogP contribution in [0.2, 0.25) is 0 Å². The molecule has 0 aliphatic carbocycles. The Morgan fingerprint density at radius 2 is 2.26 bits per heavy atom. The second kappa shape index (κ2) is 6.35. The van der Waals surface area contributed by atoms with Gasteiger partial charge in [-0.1, -0.05) is 42.7 Å². The molecular formula is C15H16N2OS. The zero-order valence-electron chi connectivity index (χ0n) is 10.9. The highest BCUT2D eigenvalue weighted by Crippen LogP contribution is 2.16. The molecule has 2 aromatic rings. The number of thiazole rings is 1. The van der Waals surface area contributed by atoms with Gasteiger partial charge in [-0.05, 0) is 18.6 Å². The fourth-order valence-electron chi connectivity index (χ4n) is 1.84. The van der Waals surface area contributed by atoms with E-state index in [1.54, 1.807) is 0 Å². The summed E-state index contributed by atoms with van der Waals surface area (Å²) in [6, 6.07) is 7.95. The van der Waals surface area contributed by atoms with E-state index >= 15 is 0 Å². The van der Waals surface area contributed by atoms with Crippen molar-refractivity contribution in [1.82, 2.24) is 4.57 Å². The highest BCUT2D eigenvalue weighted by atomic mass is 32.1. The molecule has 3 nitrogen and oxygen atoms in total. The minimum Gasteiger partial charge on any atom is -0.305 e. The molecule has 0 saturated carbocycles. The largest absolute Gasteiger partial charge is 0.305 e. The predicted molar refractivity (Wildman–Crippen MR) is 78.7 cm³/mol. The lowest BCUT2D eigenvalue weighted by Crippen LogP contribution is -2.16. The van der Waals surface area contributed by atoms with E-state index in [-0.39, 0.29) is 5.91 Å². The number of amides is 1. The monoisotopic (exact) mass is 272 g/mol. The number of terminal acetylenes is 1. The third-order valence-electron chi connectivity index (χ3n) is 2.80. The van der Waals surface area contributed by atoms with Crippen LogP contribution in [0.3, 0.4) is 0 Å². The van der Waals surface area contributed by atoms with Crippen LogP contribution in [-0.4, -0.2) is 10.5 Å². The van der Waals surface area contributed by atoms with Gasteiger partial charge in [0.1, 0.15) is 0 Å². The molecule has 0 spiro atoms. The number of fused-ring (bicyclic) bond motifs is 1. The first-order valence-corrected chi connectivity index (χ1v) is 7.17. The van der Waals surface area contributed by atoms with Gasteiger partial charge in [0.05, 0.1) is 16.8 Å². The molecule has 0 aliphatic heterocycles. The number of para-hydroxylation sites is 1. The van der Waals surface area contributed by atoms with Gasteiger partial charge in [0, 0.05) is 6.42 Å². The van der Waals surface area contributed by atoms with Crippen molar-refractivity contribution in [3.05, 3.63) is 29.1 Å².